The lowest BCUT2D eigenvalue weighted by atomic mass is 10.1. The number of nitrogens with two attached hydrogens (primary N) is 1. The maximum atomic E-state index is 11.7. The van der Waals surface area contributed by atoms with Gasteiger partial charge in [-0.15, -0.1) is 0 Å². The Hall–Kier alpha value is -1.61. The highest BCUT2D eigenvalue weighted by Gasteiger charge is 2.01. The standard InChI is InChI=1S/C13H16N2O/c14-8-4-3-6-11-9-10-5-1-2-7-12(10)15-13(11)16/h1-2,5,7,9H,3-4,6,8,14H2,(H,15,16). The van der Waals surface area contributed by atoms with Gasteiger partial charge in [0.1, 0.15) is 0 Å². The van der Waals surface area contributed by atoms with Crippen LogP contribution < -0.4 is 11.3 Å². The second-order valence-electron chi connectivity index (χ2n) is 3.96. The van der Waals surface area contributed by atoms with E-state index in [1.807, 2.05) is 30.3 Å². The van der Waals surface area contributed by atoms with Gasteiger partial charge in [-0.25, -0.2) is 0 Å². The van der Waals surface area contributed by atoms with Gasteiger partial charge in [0.15, 0.2) is 0 Å². The molecule has 1 heterocycles. The smallest absolute Gasteiger partial charge is 0.251 e. The van der Waals surface area contributed by atoms with Gasteiger partial charge >= 0.3 is 0 Å². The first-order valence-corrected chi connectivity index (χ1v) is 5.62. The van der Waals surface area contributed by atoms with Crippen LogP contribution in [0.5, 0.6) is 0 Å². The van der Waals surface area contributed by atoms with Crippen LogP contribution in [0, 0.1) is 0 Å². The van der Waals surface area contributed by atoms with Crippen LogP contribution in [-0.2, 0) is 6.42 Å². The Bertz CT molecular complexity index is 531. The molecule has 16 heavy (non-hydrogen) atoms. The first-order valence-electron chi connectivity index (χ1n) is 5.62. The fraction of sp³-hybridized carbons (Fsp3) is 0.308. The molecular formula is C13H16N2O. The van der Waals surface area contributed by atoms with Crippen molar-refractivity contribution in [1.29, 1.82) is 0 Å². The Balaban J connectivity index is 2.31. The quantitative estimate of drug-likeness (QED) is 0.766. The highest BCUT2D eigenvalue weighted by Crippen LogP contribution is 2.11. The topological polar surface area (TPSA) is 58.9 Å². The van der Waals surface area contributed by atoms with E-state index in [2.05, 4.69) is 4.98 Å². The van der Waals surface area contributed by atoms with Crippen LogP contribution in [0.15, 0.2) is 35.1 Å². The Morgan fingerprint density at radius 3 is 2.81 bits per heavy atom. The highest BCUT2D eigenvalue weighted by molar-refractivity contribution is 5.78. The summed E-state index contributed by atoms with van der Waals surface area (Å²) in [5, 5.41) is 1.09. The Labute approximate surface area is 94.3 Å². The van der Waals surface area contributed by atoms with Crippen molar-refractivity contribution in [2.24, 2.45) is 5.73 Å². The average Bonchev–Trinajstić information content (AvgIpc) is 2.30. The number of fused-ring (bicyclic) bond motifs is 1. The molecule has 0 bridgehead atoms. The van der Waals surface area contributed by atoms with Crippen molar-refractivity contribution >= 4 is 10.9 Å². The summed E-state index contributed by atoms with van der Waals surface area (Å²) in [6, 6.07) is 9.81. The number of aryl methyl sites for hydroxylation is 1. The molecule has 0 aliphatic rings. The molecule has 0 radical (unpaired) electrons. The lowest BCUT2D eigenvalue weighted by molar-refractivity contribution is 0.740. The summed E-state index contributed by atoms with van der Waals surface area (Å²) >= 11 is 0. The first-order chi connectivity index (χ1) is 7.81. The van der Waals surface area contributed by atoms with Gasteiger partial charge in [-0.1, -0.05) is 18.2 Å². The van der Waals surface area contributed by atoms with E-state index < -0.39 is 0 Å². The summed E-state index contributed by atoms with van der Waals surface area (Å²) in [7, 11) is 0. The highest BCUT2D eigenvalue weighted by atomic mass is 16.1. The molecule has 1 aromatic carbocycles. The molecule has 1 aromatic heterocycles. The van der Waals surface area contributed by atoms with E-state index in [4.69, 9.17) is 5.73 Å². The number of aromatic amines is 1. The van der Waals surface area contributed by atoms with Crippen molar-refractivity contribution in [2.45, 2.75) is 19.3 Å². The Morgan fingerprint density at radius 1 is 1.19 bits per heavy atom. The number of benzene rings is 1. The van der Waals surface area contributed by atoms with Crippen LogP contribution in [0.2, 0.25) is 0 Å². The number of H-pyrrole nitrogens is 1. The fourth-order valence-electron chi connectivity index (χ4n) is 1.84. The van der Waals surface area contributed by atoms with E-state index in [0.29, 0.717) is 6.54 Å². The minimum Gasteiger partial charge on any atom is -0.330 e. The molecule has 0 amide bonds. The van der Waals surface area contributed by atoms with Gasteiger partial charge in [-0.3, -0.25) is 4.79 Å². The second kappa shape index (κ2) is 4.94. The van der Waals surface area contributed by atoms with E-state index in [1.165, 1.54) is 0 Å². The predicted octanol–water partition coefficient (Wildman–Crippen LogP) is 1.81. The van der Waals surface area contributed by atoms with Crippen molar-refractivity contribution < 1.29 is 0 Å². The van der Waals surface area contributed by atoms with Crippen LogP contribution in [0.1, 0.15) is 18.4 Å². The van der Waals surface area contributed by atoms with E-state index in [-0.39, 0.29) is 5.56 Å². The summed E-state index contributed by atoms with van der Waals surface area (Å²) in [6.45, 7) is 0.686. The van der Waals surface area contributed by atoms with Gasteiger partial charge in [0.25, 0.3) is 5.56 Å². The largest absolute Gasteiger partial charge is 0.330 e. The number of para-hydroxylation sites is 1. The lowest BCUT2D eigenvalue weighted by Gasteiger charge is -2.02. The number of nitrogens with one attached hydrogen (secondary N) is 1. The van der Waals surface area contributed by atoms with Gasteiger partial charge in [0.2, 0.25) is 0 Å². The molecule has 0 saturated carbocycles. The fourth-order valence-corrected chi connectivity index (χ4v) is 1.84. The molecule has 3 heteroatoms. The zero-order valence-corrected chi connectivity index (χ0v) is 9.20. The second-order valence-corrected chi connectivity index (χ2v) is 3.96. The number of hydrogen-bond acceptors (Lipinski definition) is 2. The van der Waals surface area contributed by atoms with Gasteiger partial charge in [0.05, 0.1) is 0 Å². The first kappa shape index (κ1) is 10.9. The predicted molar refractivity (Wildman–Crippen MR) is 66.6 cm³/mol. The molecule has 0 aliphatic carbocycles. The zero-order chi connectivity index (χ0) is 11.4. The lowest BCUT2D eigenvalue weighted by Crippen LogP contribution is -2.12. The number of pyridine rings is 1. The van der Waals surface area contributed by atoms with E-state index in [1.54, 1.807) is 0 Å². The number of aromatic nitrogens is 1. The molecule has 0 saturated heterocycles. The molecule has 3 N–H and O–H groups in total. The van der Waals surface area contributed by atoms with Crippen LogP contribution in [-0.4, -0.2) is 11.5 Å². The van der Waals surface area contributed by atoms with Crippen LogP contribution >= 0.6 is 0 Å². The van der Waals surface area contributed by atoms with Crippen LogP contribution in [0.4, 0.5) is 0 Å². The molecule has 2 rings (SSSR count). The summed E-state index contributed by atoms with van der Waals surface area (Å²) in [5.41, 5.74) is 7.21. The number of unbranched alkanes of at least 4 members (excludes halogenated alkanes) is 1. The molecular weight excluding hydrogens is 200 g/mol. The van der Waals surface area contributed by atoms with E-state index in [9.17, 15) is 4.79 Å². The molecule has 0 spiro atoms. The monoisotopic (exact) mass is 216 g/mol. The summed E-state index contributed by atoms with van der Waals surface area (Å²) in [5.74, 6) is 0. The van der Waals surface area contributed by atoms with E-state index in [0.717, 1.165) is 35.7 Å². The third kappa shape index (κ3) is 2.31. The van der Waals surface area contributed by atoms with Gasteiger partial charge in [0, 0.05) is 11.1 Å². The molecule has 0 aliphatic heterocycles. The van der Waals surface area contributed by atoms with Crippen molar-refractivity contribution in [3.05, 3.63) is 46.2 Å². The maximum Gasteiger partial charge on any atom is 0.251 e. The van der Waals surface area contributed by atoms with Crippen LogP contribution in [0.3, 0.4) is 0 Å². The summed E-state index contributed by atoms with van der Waals surface area (Å²) in [4.78, 5) is 14.6. The van der Waals surface area contributed by atoms with Crippen molar-refractivity contribution in [1.82, 2.24) is 4.98 Å². The normalized spacial score (nSPS) is 10.8. The van der Waals surface area contributed by atoms with Gasteiger partial charge < -0.3 is 10.7 Å². The maximum absolute atomic E-state index is 11.7. The minimum absolute atomic E-state index is 0.0238. The summed E-state index contributed by atoms with van der Waals surface area (Å²) < 4.78 is 0. The van der Waals surface area contributed by atoms with Crippen molar-refractivity contribution in [3.8, 4) is 0 Å². The zero-order valence-electron chi connectivity index (χ0n) is 9.20. The molecule has 0 unspecified atom stereocenters. The molecule has 3 nitrogen and oxygen atoms in total. The molecule has 0 fully saturated rings. The van der Waals surface area contributed by atoms with Crippen molar-refractivity contribution in [3.63, 3.8) is 0 Å². The van der Waals surface area contributed by atoms with Crippen LogP contribution in [0.25, 0.3) is 10.9 Å². The molecule has 84 valence electrons. The summed E-state index contributed by atoms with van der Waals surface area (Å²) in [6.07, 6.45) is 2.74. The Morgan fingerprint density at radius 2 is 2.00 bits per heavy atom. The SMILES string of the molecule is NCCCCc1cc2ccccc2[nH]c1=O. The van der Waals surface area contributed by atoms with E-state index >= 15 is 0 Å². The third-order valence-corrected chi connectivity index (χ3v) is 2.73. The number of hydrogen-bond donors (Lipinski definition) is 2. The van der Waals surface area contributed by atoms with Crippen molar-refractivity contribution in [2.75, 3.05) is 6.54 Å². The van der Waals surface area contributed by atoms with Gasteiger partial charge in [-0.05, 0) is 43.3 Å². The number of rotatable bonds is 4. The minimum atomic E-state index is 0.0238. The molecule has 2 aromatic rings. The third-order valence-electron chi connectivity index (χ3n) is 2.73. The molecule has 0 atom stereocenters. The Kier molecular flexibility index (Phi) is 3.37. The van der Waals surface area contributed by atoms with Gasteiger partial charge in [-0.2, -0.15) is 0 Å². The average molecular weight is 216 g/mol.